The summed E-state index contributed by atoms with van der Waals surface area (Å²) in [5, 5.41) is 7.68. The first-order valence-corrected chi connectivity index (χ1v) is 9.56. The van der Waals surface area contributed by atoms with E-state index in [0.29, 0.717) is 22.9 Å². The number of benzene rings is 2. The van der Waals surface area contributed by atoms with Gasteiger partial charge in [-0.15, -0.1) is 0 Å². The molecule has 0 saturated heterocycles. The molecule has 6 nitrogen and oxygen atoms in total. The third kappa shape index (κ3) is 6.56. The number of sulfonamides is 1. The van der Waals surface area contributed by atoms with Crippen molar-refractivity contribution in [2.45, 2.75) is 25.5 Å². The monoisotopic (exact) mass is 362 g/mol. The topological polar surface area (TPSA) is 98.5 Å². The van der Waals surface area contributed by atoms with Crippen molar-refractivity contribution in [3.05, 3.63) is 59.7 Å². The predicted octanol–water partition coefficient (Wildman–Crippen LogP) is 2.62. The summed E-state index contributed by atoms with van der Waals surface area (Å²) in [6.45, 7) is 4.11. The van der Waals surface area contributed by atoms with Gasteiger partial charge in [0.05, 0.1) is 5.75 Å². The highest BCUT2D eigenvalue weighted by Crippen LogP contribution is 2.18. The normalized spacial score (nSPS) is 11.4. The Morgan fingerprint density at radius 3 is 2.20 bits per heavy atom. The van der Waals surface area contributed by atoms with Crippen LogP contribution in [0.3, 0.4) is 0 Å². The average Bonchev–Trinajstić information content (AvgIpc) is 2.54. The number of nitrogens with one attached hydrogen (secondary N) is 1. The minimum absolute atomic E-state index is 0.111. The van der Waals surface area contributed by atoms with E-state index < -0.39 is 10.0 Å². The molecule has 0 aliphatic carbocycles. The Balaban J connectivity index is 1.85. The zero-order valence-electron chi connectivity index (χ0n) is 14.2. The third-order valence-corrected chi connectivity index (χ3v) is 4.26. The van der Waals surface area contributed by atoms with Gasteiger partial charge in [-0.2, -0.15) is 0 Å². The highest BCUT2D eigenvalue weighted by molar-refractivity contribution is 7.88. The molecule has 25 heavy (non-hydrogen) atoms. The van der Waals surface area contributed by atoms with E-state index in [1.54, 1.807) is 24.3 Å². The molecule has 2 aromatic rings. The smallest absolute Gasteiger partial charge is 0.262 e. The molecule has 3 N–H and O–H groups in total. The highest BCUT2D eigenvalue weighted by atomic mass is 32.2. The van der Waals surface area contributed by atoms with Crippen molar-refractivity contribution >= 4 is 21.6 Å². The summed E-state index contributed by atoms with van der Waals surface area (Å²) < 4.78 is 27.5. The highest BCUT2D eigenvalue weighted by Gasteiger charge is 2.07. The molecule has 0 heterocycles. The molecule has 0 spiro atoms. The van der Waals surface area contributed by atoms with Crippen LogP contribution in [0.25, 0.3) is 0 Å². The number of nitrogens with two attached hydrogens (primary N) is 1. The maximum Gasteiger partial charge on any atom is 0.262 e. The standard InChI is InChI=1S/C18H22N2O4S/c1-13(2)15-5-9-17(10-6-15)24-11-18(21)20-16-7-3-14(4-8-16)12-25(19,22)23/h3-10,13H,11-12H2,1-2H3,(H,20,21)(H2,19,22,23). The van der Waals surface area contributed by atoms with Crippen molar-refractivity contribution in [3.63, 3.8) is 0 Å². The van der Waals surface area contributed by atoms with E-state index in [4.69, 9.17) is 9.88 Å². The van der Waals surface area contributed by atoms with Gasteiger partial charge in [-0.05, 0) is 41.3 Å². The quantitative estimate of drug-likeness (QED) is 0.791. The molecular formula is C18H22N2O4S. The molecule has 0 bridgehead atoms. The lowest BCUT2D eigenvalue weighted by Crippen LogP contribution is -2.20. The molecule has 0 aliphatic rings. The number of amides is 1. The van der Waals surface area contributed by atoms with Crippen molar-refractivity contribution in [3.8, 4) is 5.75 Å². The van der Waals surface area contributed by atoms with E-state index in [1.807, 2.05) is 24.3 Å². The summed E-state index contributed by atoms with van der Waals surface area (Å²) in [6.07, 6.45) is 0. The van der Waals surface area contributed by atoms with Crippen molar-refractivity contribution in [1.82, 2.24) is 0 Å². The number of carbonyl (C=O) groups excluding carboxylic acids is 1. The lowest BCUT2D eigenvalue weighted by Gasteiger charge is -2.10. The molecule has 134 valence electrons. The molecule has 7 heteroatoms. The molecule has 1 amide bonds. The predicted molar refractivity (Wildman–Crippen MR) is 97.9 cm³/mol. The van der Waals surface area contributed by atoms with Crippen LogP contribution in [0, 0.1) is 0 Å². The maximum atomic E-state index is 11.9. The number of hydrogen-bond donors (Lipinski definition) is 2. The molecule has 0 aromatic heterocycles. The molecule has 0 fully saturated rings. The number of hydrogen-bond acceptors (Lipinski definition) is 4. The van der Waals surface area contributed by atoms with Gasteiger partial charge in [0.25, 0.3) is 5.91 Å². The fraction of sp³-hybridized carbons (Fsp3) is 0.278. The summed E-state index contributed by atoms with van der Waals surface area (Å²) in [5.74, 6) is 0.529. The Morgan fingerprint density at radius 2 is 1.68 bits per heavy atom. The Labute approximate surface area is 148 Å². The van der Waals surface area contributed by atoms with Gasteiger partial charge in [0.2, 0.25) is 10.0 Å². The summed E-state index contributed by atoms with van der Waals surface area (Å²) in [4.78, 5) is 11.9. The van der Waals surface area contributed by atoms with Gasteiger partial charge in [-0.25, -0.2) is 13.6 Å². The number of anilines is 1. The largest absolute Gasteiger partial charge is 0.484 e. The fourth-order valence-electron chi connectivity index (χ4n) is 2.21. The van der Waals surface area contributed by atoms with Crippen LogP contribution < -0.4 is 15.2 Å². The van der Waals surface area contributed by atoms with Crippen molar-refractivity contribution in [2.75, 3.05) is 11.9 Å². The first-order chi connectivity index (χ1) is 11.7. The van der Waals surface area contributed by atoms with Crippen LogP contribution in [0.4, 0.5) is 5.69 Å². The molecule has 0 unspecified atom stereocenters. The van der Waals surface area contributed by atoms with Crippen LogP contribution in [0.5, 0.6) is 5.75 Å². The molecular weight excluding hydrogens is 340 g/mol. The van der Waals surface area contributed by atoms with Crippen molar-refractivity contribution in [2.24, 2.45) is 5.14 Å². The molecule has 2 aromatic carbocycles. The summed E-state index contributed by atoms with van der Waals surface area (Å²) >= 11 is 0. The number of carbonyl (C=O) groups is 1. The van der Waals surface area contributed by atoms with Crippen LogP contribution in [-0.2, 0) is 20.6 Å². The summed E-state index contributed by atoms with van der Waals surface area (Å²) in [5.41, 5.74) is 2.32. The minimum atomic E-state index is -3.57. The molecule has 0 aliphatic heterocycles. The molecule has 0 saturated carbocycles. The first kappa shape index (κ1) is 19.0. The second-order valence-electron chi connectivity index (χ2n) is 6.06. The maximum absolute atomic E-state index is 11.9. The third-order valence-electron chi connectivity index (χ3n) is 3.52. The van der Waals surface area contributed by atoms with E-state index in [2.05, 4.69) is 19.2 Å². The Kier molecular flexibility index (Phi) is 6.17. The van der Waals surface area contributed by atoms with Gasteiger partial charge in [-0.1, -0.05) is 38.1 Å². The van der Waals surface area contributed by atoms with E-state index >= 15 is 0 Å². The van der Waals surface area contributed by atoms with Gasteiger partial charge in [0, 0.05) is 5.69 Å². The van der Waals surface area contributed by atoms with Crippen molar-refractivity contribution in [1.29, 1.82) is 0 Å². The number of rotatable bonds is 7. The summed E-state index contributed by atoms with van der Waals surface area (Å²) in [7, 11) is -3.57. The van der Waals surface area contributed by atoms with Crippen LogP contribution >= 0.6 is 0 Å². The van der Waals surface area contributed by atoms with Crippen LogP contribution in [0.2, 0.25) is 0 Å². The summed E-state index contributed by atoms with van der Waals surface area (Å²) in [6, 6.07) is 14.1. The zero-order valence-corrected chi connectivity index (χ0v) is 15.0. The second-order valence-corrected chi connectivity index (χ2v) is 7.68. The number of ether oxygens (including phenoxy) is 1. The van der Waals surface area contributed by atoms with Gasteiger partial charge in [-0.3, -0.25) is 4.79 Å². The minimum Gasteiger partial charge on any atom is -0.484 e. The van der Waals surface area contributed by atoms with E-state index in [9.17, 15) is 13.2 Å². The zero-order chi connectivity index (χ0) is 18.4. The molecule has 0 radical (unpaired) electrons. The van der Waals surface area contributed by atoms with Crippen LogP contribution in [0.15, 0.2) is 48.5 Å². The van der Waals surface area contributed by atoms with Crippen LogP contribution in [-0.4, -0.2) is 20.9 Å². The SMILES string of the molecule is CC(C)c1ccc(OCC(=O)Nc2ccc(CS(N)(=O)=O)cc2)cc1. The van der Waals surface area contributed by atoms with Crippen LogP contribution in [0.1, 0.15) is 30.9 Å². The van der Waals surface area contributed by atoms with Gasteiger partial charge < -0.3 is 10.1 Å². The van der Waals surface area contributed by atoms with Crippen molar-refractivity contribution < 1.29 is 17.9 Å². The Morgan fingerprint density at radius 1 is 1.08 bits per heavy atom. The van der Waals surface area contributed by atoms with Gasteiger partial charge in [0.1, 0.15) is 5.75 Å². The fourth-order valence-corrected chi connectivity index (χ4v) is 2.87. The number of primary sulfonamides is 1. The van der Waals surface area contributed by atoms with E-state index in [1.165, 1.54) is 5.56 Å². The Hall–Kier alpha value is -2.38. The van der Waals surface area contributed by atoms with E-state index in [0.717, 1.165) is 0 Å². The van der Waals surface area contributed by atoms with Gasteiger partial charge >= 0.3 is 0 Å². The van der Waals surface area contributed by atoms with Gasteiger partial charge in [0.15, 0.2) is 6.61 Å². The molecule has 2 rings (SSSR count). The average molecular weight is 362 g/mol. The molecule has 0 atom stereocenters. The lowest BCUT2D eigenvalue weighted by molar-refractivity contribution is -0.118. The Bertz CT molecular complexity index is 813. The lowest BCUT2D eigenvalue weighted by atomic mass is 10.0. The van der Waals surface area contributed by atoms with E-state index in [-0.39, 0.29) is 18.3 Å². The first-order valence-electron chi connectivity index (χ1n) is 7.85. The second kappa shape index (κ2) is 8.13.